The van der Waals surface area contributed by atoms with Crippen LogP contribution in [0.3, 0.4) is 0 Å². The second-order valence-corrected chi connectivity index (χ2v) is 3.15. The largest absolute Gasteiger partial charge is 0.508 e. The van der Waals surface area contributed by atoms with Crippen LogP contribution < -0.4 is 5.32 Å². The Labute approximate surface area is 89.3 Å². The summed E-state index contributed by atoms with van der Waals surface area (Å²) in [5.41, 5.74) is 0.936. The van der Waals surface area contributed by atoms with Crippen molar-refractivity contribution < 1.29 is 5.11 Å². The number of hydrogen-bond acceptors (Lipinski definition) is 2. The summed E-state index contributed by atoms with van der Waals surface area (Å²) in [5, 5.41) is 12.0. The zero-order chi connectivity index (χ0) is 8.97. The van der Waals surface area contributed by atoms with Crippen LogP contribution in [0.25, 0.3) is 0 Å². The van der Waals surface area contributed by atoms with E-state index in [-0.39, 0.29) is 23.5 Å². The van der Waals surface area contributed by atoms with Crippen molar-refractivity contribution in [3.63, 3.8) is 0 Å². The summed E-state index contributed by atoms with van der Waals surface area (Å²) < 4.78 is 0. The molecule has 0 spiro atoms. The zero-order valence-electron chi connectivity index (χ0n) is 7.33. The highest BCUT2D eigenvalue weighted by Gasteiger charge is 2.05. The highest BCUT2D eigenvalue weighted by Crippen LogP contribution is 2.22. The number of nitrogens with one attached hydrogen (secondary N) is 1. The number of likely N-dealkylation sites (N-methyl/N-ethyl adjacent to an activating group) is 1. The molecule has 0 heterocycles. The van der Waals surface area contributed by atoms with Crippen molar-refractivity contribution in [2.24, 2.45) is 0 Å². The van der Waals surface area contributed by atoms with Crippen LogP contribution in [0.1, 0.15) is 10.9 Å². The standard InChI is InChI=1S/C9H12ClNO.ClH/c1-11-6-9(10)7-3-2-4-8(12)5-7;/h2-5,9,11-12H,6H2,1H3;1H. The summed E-state index contributed by atoms with van der Waals surface area (Å²) in [6.45, 7) is 0.699. The highest BCUT2D eigenvalue weighted by molar-refractivity contribution is 6.21. The first-order valence-electron chi connectivity index (χ1n) is 3.81. The van der Waals surface area contributed by atoms with E-state index in [0.717, 1.165) is 5.56 Å². The molecule has 0 aliphatic heterocycles. The average Bonchev–Trinajstić information content (AvgIpc) is 2.05. The van der Waals surface area contributed by atoms with Gasteiger partial charge in [-0.1, -0.05) is 12.1 Å². The lowest BCUT2D eigenvalue weighted by Crippen LogP contribution is -2.12. The van der Waals surface area contributed by atoms with E-state index in [0.29, 0.717) is 6.54 Å². The normalized spacial score (nSPS) is 11.8. The van der Waals surface area contributed by atoms with Crippen molar-refractivity contribution in [2.45, 2.75) is 5.38 Å². The van der Waals surface area contributed by atoms with Gasteiger partial charge in [-0.05, 0) is 24.7 Å². The molecule has 0 saturated carbocycles. The van der Waals surface area contributed by atoms with Crippen molar-refractivity contribution in [3.8, 4) is 5.75 Å². The van der Waals surface area contributed by atoms with Gasteiger partial charge >= 0.3 is 0 Å². The minimum atomic E-state index is -0.0814. The minimum Gasteiger partial charge on any atom is -0.508 e. The quantitative estimate of drug-likeness (QED) is 0.769. The van der Waals surface area contributed by atoms with Crippen molar-refractivity contribution >= 4 is 24.0 Å². The second-order valence-electron chi connectivity index (χ2n) is 2.62. The molecule has 1 rings (SSSR count). The monoisotopic (exact) mass is 221 g/mol. The minimum absolute atomic E-state index is 0. The Morgan fingerprint density at radius 1 is 1.54 bits per heavy atom. The van der Waals surface area contributed by atoms with Crippen molar-refractivity contribution in [2.75, 3.05) is 13.6 Å². The van der Waals surface area contributed by atoms with Crippen molar-refractivity contribution in [1.82, 2.24) is 5.32 Å². The number of alkyl halides is 1. The molecule has 0 aromatic heterocycles. The van der Waals surface area contributed by atoms with Gasteiger partial charge in [0.1, 0.15) is 5.75 Å². The van der Waals surface area contributed by atoms with E-state index in [9.17, 15) is 0 Å². The third-order valence-corrected chi connectivity index (χ3v) is 2.02. The van der Waals surface area contributed by atoms with Crippen molar-refractivity contribution in [1.29, 1.82) is 0 Å². The van der Waals surface area contributed by atoms with Gasteiger partial charge in [0.25, 0.3) is 0 Å². The molecule has 1 aromatic carbocycles. The third-order valence-electron chi connectivity index (χ3n) is 1.62. The Bertz CT molecular complexity index is 255. The molecule has 0 radical (unpaired) electrons. The summed E-state index contributed by atoms with van der Waals surface area (Å²) in [7, 11) is 1.85. The van der Waals surface area contributed by atoms with E-state index in [1.807, 2.05) is 13.1 Å². The molecule has 4 heteroatoms. The molecular weight excluding hydrogens is 209 g/mol. The molecule has 1 aromatic rings. The highest BCUT2D eigenvalue weighted by atomic mass is 35.5. The van der Waals surface area contributed by atoms with E-state index in [4.69, 9.17) is 16.7 Å². The molecule has 0 saturated heterocycles. The van der Waals surface area contributed by atoms with Crippen LogP contribution in [0.4, 0.5) is 0 Å². The first kappa shape index (κ1) is 12.6. The smallest absolute Gasteiger partial charge is 0.115 e. The lowest BCUT2D eigenvalue weighted by molar-refractivity contribution is 0.474. The predicted molar refractivity (Wildman–Crippen MR) is 57.9 cm³/mol. The van der Waals surface area contributed by atoms with Gasteiger partial charge in [0.05, 0.1) is 5.38 Å². The van der Waals surface area contributed by atoms with Gasteiger partial charge in [-0.2, -0.15) is 0 Å². The average molecular weight is 222 g/mol. The van der Waals surface area contributed by atoms with Crippen LogP contribution in [0.15, 0.2) is 24.3 Å². The van der Waals surface area contributed by atoms with Gasteiger partial charge in [0.15, 0.2) is 0 Å². The molecule has 1 unspecified atom stereocenters. The molecule has 0 amide bonds. The Kier molecular flexibility index (Phi) is 5.88. The molecular formula is C9H13Cl2NO. The lowest BCUT2D eigenvalue weighted by atomic mass is 10.1. The summed E-state index contributed by atoms with van der Waals surface area (Å²) in [5.74, 6) is 0.259. The molecule has 0 aliphatic rings. The van der Waals surface area contributed by atoms with Gasteiger partial charge < -0.3 is 10.4 Å². The topological polar surface area (TPSA) is 32.3 Å². The zero-order valence-corrected chi connectivity index (χ0v) is 8.90. The Morgan fingerprint density at radius 3 is 2.77 bits per heavy atom. The SMILES string of the molecule is CNCC(Cl)c1cccc(O)c1.Cl. The van der Waals surface area contributed by atoms with Gasteiger partial charge in [-0.3, -0.25) is 0 Å². The number of rotatable bonds is 3. The second kappa shape index (κ2) is 6.08. The van der Waals surface area contributed by atoms with E-state index < -0.39 is 0 Å². The molecule has 1 atom stereocenters. The van der Waals surface area contributed by atoms with Crippen LogP contribution >= 0.6 is 24.0 Å². The van der Waals surface area contributed by atoms with Crippen LogP contribution in [-0.4, -0.2) is 18.7 Å². The van der Waals surface area contributed by atoms with Crippen LogP contribution in [0, 0.1) is 0 Å². The number of aromatic hydroxyl groups is 1. The lowest BCUT2D eigenvalue weighted by Gasteiger charge is -2.08. The number of benzene rings is 1. The van der Waals surface area contributed by atoms with E-state index in [2.05, 4.69) is 5.32 Å². The molecule has 74 valence electrons. The van der Waals surface area contributed by atoms with Gasteiger partial charge in [-0.15, -0.1) is 24.0 Å². The van der Waals surface area contributed by atoms with E-state index >= 15 is 0 Å². The van der Waals surface area contributed by atoms with Crippen LogP contribution in [0.5, 0.6) is 5.75 Å². The fourth-order valence-corrected chi connectivity index (χ4v) is 1.31. The summed E-state index contributed by atoms with van der Waals surface area (Å²) >= 11 is 6.00. The van der Waals surface area contributed by atoms with Gasteiger partial charge in [-0.25, -0.2) is 0 Å². The molecule has 2 nitrogen and oxygen atoms in total. The summed E-state index contributed by atoms with van der Waals surface area (Å²) in [4.78, 5) is 0. The fourth-order valence-electron chi connectivity index (χ4n) is 1.02. The molecule has 0 fully saturated rings. The number of hydrogen-bond donors (Lipinski definition) is 2. The first-order valence-corrected chi connectivity index (χ1v) is 4.25. The maximum absolute atomic E-state index is 9.15. The molecule has 0 bridgehead atoms. The molecule has 13 heavy (non-hydrogen) atoms. The third kappa shape index (κ3) is 3.85. The van der Waals surface area contributed by atoms with E-state index in [1.165, 1.54) is 0 Å². The Balaban J connectivity index is 0.00000144. The number of phenols is 1. The summed E-state index contributed by atoms with van der Waals surface area (Å²) in [6, 6.07) is 6.99. The van der Waals surface area contributed by atoms with Gasteiger partial charge in [0.2, 0.25) is 0 Å². The maximum Gasteiger partial charge on any atom is 0.115 e. The number of phenolic OH excluding ortho intramolecular Hbond substituents is 1. The molecule has 0 aliphatic carbocycles. The van der Waals surface area contributed by atoms with Gasteiger partial charge in [0, 0.05) is 6.54 Å². The number of halogens is 2. The molecule has 2 N–H and O–H groups in total. The first-order chi connectivity index (χ1) is 5.74. The Morgan fingerprint density at radius 2 is 2.23 bits per heavy atom. The summed E-state index contributed by atoms with van der Waals surface area (Å²) in [6.07, 6.45) is 0. The van der Waals surface area contributed by atoms with Crippen LogP contribution in [-0.2, 0) is 0 Å². The Hall–Kier alpha value is -0.440. The van der Waals surface area contributed by atoms with Crippen LogP contribution in [0.2, 0.25) is 0 Å². The van der Waals surface area contributed by atoms with E-state index in [1.54, 1.807) is 18.2 Å². The fraction of sp³-hybridized carbons (Fsp3) is 0.333. The van der Waals surface area contributed by atoms with Crippen molar-refractivity contribution in [3.05, 3.63) is 29.8 Å². The maximum atomic E-state index is 9.15. The predicted octanol–water partition coefficient (Wildman–Crippen LogP) is 2.31.